The van der Waals surface area contributed by atoms with Crippen molar-refractivity contribution in [3.05, 3.63) is 12.2 Å². The van der Waals surface area contributed by atoms with Gasteiger partial charge >= 0.3 is 5.97 Å². The van der Waals surface area contributed by atoms with Gasteiger partial charge in [0.1, 0.15) is 0 Å². The summed E-state index contributed by atoms with van der Waals surface area (Å²) in [5.74, 6) is -0.612. The van der Waals surface area contributed by atoms with Crippen molar-refractivity contribution in [1.29, 1.82) is 0 Å². The minimum Gasteiger partial charge on any atom is -0.478 e. The normalized spacial score (nSPS) is 12.2. The zero-order chi connectivity index (χ0) is 18.0. The number of carboxylic acids is 1. The zero-order valence-corrected chi connectivity index (χ0v) is 16.5. The average molecular weight is 339 g/mol. The SMILES string of the molecule is C=C(C(=O)O)C(CCCCCCCC)CCCCCCCCCC. The Morgan fingerprint density at radius 2 is 1.04 bits per heavy atom. The summed E-state index contributed by atoms with van der Waals surface area (Å²) in [5.41, 5.74) is 0.437. The van der Waals surface area contributed by atoms with E-state index in [1.807, 2.05) is 0 Å². The highest BCUT2D eigenvalue weighted by atomic mass is 16.4. The van der Waals surface area contributed by atoms with Gasteiger partial charge in [0.05, 0.1) is 0 Å². The molecule has 0 radical (unpaired) electrons. The van der Waals surface area contributed by atoms with E-state index < -0.39 is 5.97 Å². The molecule has 0 fully saturated rings. The van der Waals surface area contributed by atoms with Crippen LogP contribution in [0.4, 0.5) is 0 Å². The summed E-state index contributed by atoms with van der Waals surface area (Å²) in [6.07, 6.45) is 20.0. The van der Waals surface area contributed by atoms with Crippen molar-refractivity contribution in [2.75, 3.05) is 0 Å². The molecule has 0 spiro atoms. The van der Waals surface area contributed by atoms with Crippen LogP contribution in [0.25, 0.3) is 0 Å². The molecular formula is C22H42O2. The molecule has 0 amide bonds. The Morgan fingerprint density at radius 3 is 1.38 bits per heavy atom. The summed E-state index contributed by atoms with van der Waals surface area (Å²) in [6.45, 7) is 8.31. The fourth-order valence-corrected chi connectivity index (χ4v) is 3.36. The van der Waals surface area contributed by atoms with Crippen molar-refractivity contribution < 1.29 is 9.90 Å². The van der Waals surface area contributed by atoms with Gasteiger partial charge in [-0.2, -0.15) is 0 Å². The van der Waals surface area contributed by atoms with Gasteiger partial charge in [0, 0.05) is 5.57 Å². The lowest BCUT2D eigenvalue weighted by atomic mass is 9.88. The van der Waals surface area contributed by atoms with Crippen molar-refractivity contribution in [3.8, 4) is 0 Å². The predicted molar refractivity (Wildman–Crippen MR) is 105 cm³/mol. The van der Waals surface area contributed by atoms with Gasteiger partial charge in [-0.3, -0.25) is 0 Å². The lowest BCUT2D eigenvalue weighted by molar-refractivity contribution is -0.133. The Bertz CT molecular complexity index is 309. The number of carboxylic acid groups (broad SMARTS) is 1. The van der Waals surface area contributed by atoms with Crippen LogP contribution in [0.15, 0.2) is 12.2 Å². The van der Waals surface area contributed by atoms with Crippen LogP contribution < -0.4 is 0 Å². The molecule has 0 saturated heterocycles. The number of carbonyl (C=O) groups is 1. The summed E-state index contributed by atoms with van der Waals surface area (Å²) in [7, 11) is 0. The monoisotopic (exact) mass is 338 g/mol. The second-order valence-electron chi connectivity index (χ2n) is 7.35. The molecule has 24 heavy (non-hydrogen) atoms. The summed E-state index contributed by atoms with van der Waals surface area (Å²) in [6, 6.07) is 0. The first-order valence-electron chi connectivity index (χ1n) is 10.6. The van der Waals surface area contributed by atoms with E-state index in [1.165, 1.54) is 77.0 Å². The van der Waals surface area contributed by atoms with Crippen molar-refractivity contribution in [3.63, 3.8) is 0 Å². The van der Waals surface area contributed by atoms with Crippen molar-refractivity contribution in [1.82, 2.24) is 0 Å². The number of rotatable bonds is 18. The Kier molecular flexibility index (Phi) is 16.5. The van der Waals surface area contributed by atoms with Crippen molar-refractivity contribution in [2.24, 2.45) is 5.92 Å². The molecule has 0 aromatic heterocycles. The van der Waals surface area contributed by atoms with E-state index in [0.717, 1.165) is 25.7 Å². The number of hydrogen-bond donors (Lipinski definition) is 1. The smallest absolute Gasteiger partial charge is 0.331 e. The zero-order valence-electron chi connectivity index (χ0n) is 16.5. The van der Waals surface area contributed by atoms with E-state index in [1.54, 1.807) is 0 Å². The molecule has 0 heterocycles. The molecule has 0 aromatic rings. The van der Waals surface area contributed by atoms with Crippen LogP contribution in [0.2, 0.25) is 0 Å². The Balaban J connectivity index is 3.84. The summed E-state index contributed by atoms with van der Waals surface area (Å²) in [4.78, 5) is 11.3. The maximum Gasteiger partial charge on any atom is 0.331 e. The van der Waals surface area contributed by atoms with Gasteiger partial charge in [-0.25, -0.2) is 4.79 Å². The molecule has 1 atom stereocenters. The standard InChI is InChI=1S/C22H42O2/c1-4-6-8-10-12-13-15-17-19-21(20(3)22(23)24)18-16-14-11-9-7-5-2/h21H,3-19H2,1-2H3,(H,23,24). The molecule has 0 aliphatic carbocycles. The van der Waals surface area contributed by atoms with E-state index in [2.05, 4.69) is 20.4 Å². The minimum atomic E-state index is -0.800. The molecule has 0 aliphatic rings. The molecule has 1 N–H and O–H groups in total. The minimum absolute atomic E-state index is 0.189. The first kappa shape index (κ1) is 23.2. The van der Waals surface area contributed by atoms with Crippen LogP contribution in [0.5, 0.6) is 0 Å². The number of hydrogen-bond acceptors (Lipinski definition) is 1. The van der Waals surface area contributed by atoms with Crippen LogP contribution >= 0.6 is 0 Å². The molecule has 2 heteroatoms. The fourth-order valence-electron chi connectivity index (χ4n) is 3.36. The maximum absolute atomic E-state index is 11.3. The van der Waals surface area contributed by atoms with Gasteiger partial charge in [-0.1, -0.05) is 110 Å². The van der Waals surface area contributed by atoms with E-state index in [0.29, 0.717) is 5.57 Å². The van der Waals surface area contributed by atoms with Crippen LogP contribution in [-0.2, 0) is 4.79 Å². The topological polar surface area (TPSA) is 37.3 Å². The molecule has 0 rings (SSSR count). The van der Waals surface area contributed by atoms with Gasteiger partial charge in [0.15, 0.2) is 0 Å². The summed E-state index contributed by atoms with van der Waals surface area (Å²) in [5, 5.41) is 9.25. The number of aliphatic carboxylic acids is 1. The highest BCUT2D eigenvalue weighted by molar-refractivity contribution is 5.86. The van der Waals surface area contributed by atoms with Crippen LogP contribution in [0.3, 0.4) is 0 Å². The maximum atomic E-state index is 11.3. The van der Waals surface area contributed by atoms with E-state index in [-0.39, 0.29) is 5.92 Å². The quantitative estimate of drug-likeness (QED) is 0.207. The second-order valence-corrected chi connectivity index (χ2v) is 7.35. The third kappa shape index (κ3) is 13.6. The highest BCUT2D eigenvalue weighted by Gasteiger charge is 2.17. The lowest BCUT2D eigenvalue weighted by Gasteiger charge is -2.17. The van der Waals surface area contributed by atoms with Crippen molar-refractivity contribution in [2.45, 2.75) is 117 Å². The molecule has 0 aromatic carbocycles. The molecular weight excluding hydrogens is 296 g/mol. The third-order valence-electron chi connectivity index (χ3n) is 5.08. The van der Waals surface area contributed by atoms with Gasteiger partial charge in [-0.05, 0) is 18.8 Å². The van der Waals surface area contributed by atoms with E-state index >= 15 is 0 Å². The van der Waals surface area contributed by atoms with Crippen LogP contribution in [0, 0.1) is 5.92 Å². The Hall–Kier alpha value is -0.790. The Morgan fingerprint density at radius 1 is 0.708 bits per heavy atom. The molecule has 142 valence electrons. The molecule has 2 nitrogen and oxygen atoms in total. The first-order valence-corrected chi connectivity index (χ1v) is 10.6. The fraction of sp³-hybridized carbons (Fsp3) is 0.864. The summed E-state index contributed by atoms with van der Waals surface area (Å²) >= 11 is 0. The molecule has 1 unspecified atom stereocenters. The van der Waals surface area contributed by atoms with Gasteiger partial charge < -0.3 is 5.11 Å². The number of unbranched alkanes of at least 4 members (excludes halogenated alkanes) is 12. The predicted octanol–water partition coefficient (Wildman–Crippen LogP) is 7.52. The summed E-state index contributed by atoms with van der Waals surface area (Å²) < 4.78 is 0. The van der Waals surface area contributed by atoms with E-state index in [4.69, 9.17) is 0 Å². The molecule has 0 aliphatic heterocycles. The van der Waals surface area contributed by atoms with Gasteiger partial charge in [-0.15, -0.1) is 0 Å². The molecule has 0 saturated carbocycles. The second kappa shape index (κ2) is 17.0. The largest absolute Gasteiger partial charge is 0.478 e. The lowest BCUT2D eigenvalue weighted by Crippen LogP contribution is -2.12. The average Bonchev–Trinajstić information content (AvgIpc) is 2.57. The van der Waals surface area contributed by atoms with E-state index in [9.17, 15) is 9.90 Å². The van der Waals surface area contributed by atoms with Crippen LogP contribution in [0.1, 0.15) is 117 Å². The van der Waals surface area contributed by atoms with Gasteiger partial charge in [0.25, 0.3) is 0 Å². The molecule has 0 bridgehead atoms. The third-order valence-corrected chi connectivity index (χ3v) is 5.08. The Labute approximate surface area is 151 Å². The highest BCUT2D eigenvalue weighted by Crippen LogP contribution is 2.25. The first-order chi connectivity index (χ1) is 11.6. The van der Waals surface area contributed by atoms with Gasteiger partial charge in [0.2, 0.25) is 0 Å². The van der Waals surface area contributed by atoms with Crippen LogP contribution in [-0.4, -0.2) is 11.1 Å². The van der Waals surface area contributed by atoms with Crippen molar-refractivity contribution >= 4 is 5.97 Å².